The third-order valence-electron chi connectivity index (χ3n) is 4.11. The van der Waals surface area contributed by atoms with E-state index < -0.39 is 0 Å². The smallest absolute Gasteiger partial charge is 0.163 e. The quantitative estimate of drug-likeness (QED) is 0.773. The Balaban J connectivity index is 1.99. The summed E-state index contributed by atoms with van der Waals surface area (Å²) in [4.78, 5) is 10.9. The van der Waals surface area contributed by atoms with Gasteiger partial charge in [-0.25, -0.2) is 9.97 Å². The Kier molecular flexibility index (Phi) is 3.02. The summed E-state index contributed by atoms with van der Waals surface area (Å²) in [7, 11) is 2.10. The van der Waals surface area contributed by atoms with Crippen LogP contribution in [-0.2, 0) is 0 Å². The van der Waals surface area contributed by atoms with Crippen LogP contribution in [0.2, 0.25) is 0 Å². The minimum Gasteiger partial charge on any atom is -0.354 e. The molecule has 19 heavy (non-hydrogen) atoms. The van der Waals surface area contributed by atoms with Crippen LogP contribution in [0.25, 0.3) is 11.0 Å². The van der Waals surface area contributed by atoms with Gasteiger partial charge in [-0.3, -0.25) is 4.68 Å². The van der Waals surface area contributed by atoms with Crippen molar-refractivity contribution in [1.29, 1.82) is 0 Å². The molecule has 2 atom stereocenters. The van der Waals surface area contributed by atoms with E-state index in [1.54, 1.807) is 6.33 Å². The monoisotopic (exact) mass is 260 g/mol. The number of rotatable bonds is 2. The first-order chi connectivity index (χ1) is 9.18. The van der Waals surface area contributed by atoms with Gasteiger partial charge < -0.3 is 16.1 Å². The summed E-state index contributed by atoms with van der Waals surface area (Å²) in [6.07, 6.45) is 4.60. The fourth-order valence-corrected chi connectivity index (χ4v) is 2.89. The highest BCUT2D eigenvalue weighted by atomic mass is 15.3. The molecular formula is C13H20N6. The maximum absolute atomic E-state index is 5.85. The molecule has 1 aliphatic rings. The Morgan fingerprint density at radius 2 is 2.32 bits per heavy atom. The van der Waals surface area contributed by atoms with Crippen molar-refractivity contribution < 1.29 is 0 Å². The van der Waals surface area contributed by atoms with Crippen LogP contribution in [0, 0.1) is 5.92 Å². The van der Waals surface area contributed by atoms with E-state index in [2.05, 4.69) is 34.2 Å². The van der Waals surface area contributed by atoms with Crippen molar-refractivity contribution >= 4 is 16.9 Å². The third kappa shape index (κ3) is 2.02. The largest absolute Gasteiger partial charge is 0.354 e. The van der Waals surface area contributed by atoms with E-state index in [9.17, 15) is 0 Å². The van der Waals surface area contributed by atoms with E-state index in [4.69, 9.17) is 5.84 Å². The molecule has 6 nitrogen and oxygen atoms in total. The summed E-state index contributed by atoms with van der Waals surface area (Å²) in [5, 5.41) is 4.46. The minimum absolute atomic E-state index is 0.452. The van der Waals surface area contributed by atoms with Crippen LogP contribution in [-0.4, -0.2) is 40.8 Å². The lowest BCUT2D eigenvalue weighted by Gasteiger charge is -2.37. The number of nitrogens with one attached hydrogen (secondary N) is 1. The second-order valence-corrected chi connectivity index (χ2v) is 5.31. The summed E-state index contributed by atoms with van der Waals surface area (Å²) in [6.45, 7) is 4.39. The summed E-state index contributed by atoms with van der Waals surface area (Å²) < 4.78 is 1.54. The molecule has 0 aromatic carbocycles. The van der Waals surface area contributed by atoms with Gasteiger partial charge in [-0.15, -0.1) is 0 Å². The molecule has 0 unspecified atom stereocenters. The van der Waals surface area contributed by atoms with E-state index in [1.807, 2.05) is 12.3 Å². The van der Waals surface area contributed by atoms with Gasteiger partial charge in [-0.2, -0.15) is 0 Å². The predicted molar refractivity (Wildman–Crippen MR) is 76.5 cm³/mol. The molecule has 0 amide bonds. The molecule has 0 aliphatic carbocycles. The number of aromatic nitrogens is 3. The molecule has 2 aromatic heterocycles. The molecule has 1 saturated heterocycles. The molecule has 6 heteroatoms. The van der Waals surface area contributed by atoms with Crippen LogP contribution in [0.5, 0.6) is 0 Å². The fraction of sp³-hybridized carbons (Fsp3) is 0.538. The summed E-state index contributed by atoms with van der Waals surface area (Å²) in [5.41, 5.74) is 0.772. The predicted octanol–water partition coefficient (Wildman–Crippen LogP) is 0.579. The van der Waals surface area contributed by atoms with Crippen molar-refractivity contribution in [3.05, 3.63) is 18.6 Å². The van der Waals surface area contributed by atoms with Crippen molar-refractivity contribution in [1.82, 2.24) is 20.0 Å². The van der Waals surface area contributed by atoms with Crippen molar-refractivity contribution in [3.63, 3.8) is 0 Å². The molecule has 1 aliphatic heterocycles. The minimum atomic E-state index is 0.452. The Bertz CT molecular complexity index is 578. The normalized spacial score (nSPS) is 23.7. The second kappa shape index (κ2) is 4.70. The van der Waals surface area contributed by atoms with Gasteiger partial charge in [0.1, 0.15) is 12.1 Å². The number of anilines is 1. The molecule has 3 N–H and O–H groups in total. The number of nitrogens with zero attached hydrogens (tertiary/aromatic N) is 4. The maximum Gasteiger partial charge on any atom is 0.163 e. The van der Waals surface area contributed by atoms with E-state index in [-0.39, 0.29) is 0 Å². The Labute approximate surface area is 112 Å². The first kappa shape index (κ1) is 12.2. The number of fused-ring (bicyclic) bond motifs is 1. The van der Waals surface area contributed by atoms with Gasteiger partial charge >= 0.3 is 0 Å². The second-order valence-electron chi connectivity index (χ2n) is 5.31. The third-order valence-corrected chi connectivity index (χ3v) is 4.11. The summed E-state index contributed by atoms with van der Waals surface area (Å²) >= 11 is 0. The zero-order valence-electron chi connectivity index (χ0n) is 11.4. The van der Waals surface area contributed by atoms with Gasteiger partial charge in [-0.1, -0.05) is 6.92 Å². The zero-order chi connectivity index (χ0) is 13.4. The van der Waals surface area contributed by atoms with E-state index in [1.165, 1.54) is 11.1 Å². The molecule has 102 valence electrons. The first-order valence-electron chi connectivity index (χ1n) is 6.69. The molecule has 1 fully saturated rings. The maximum atomic E-state index is 5.85. The lowest BCUT2D eigenvalue weighted by molar-refractivity contribution is 0.338. The molecule has 2 aromatic rings. The molecule has 0 radical (unpaired) electrons. The van der Waals surface area contributed by atoms with Gasteiger partial charge in [0.25, 0.3) is 0 Å². The number of likely N-dealkylation sites (N-methyl/N-ethyl adjacent to an activating group) is 1. The highest BCUT2D eigenvalue weighted by Gasteiger charge is 2.26. The number of piperidine rings is 1. The summed E-state index contributed by atoms with van der Waals surface area (Å²) in [5.74, 6) is 7.45. The number of nitrogen functional groups attached to an aromatic ring is 1. The molecular weight excluding hydrogens is 240 g/mol. The van der Waals surface area contributed by atoms with Gasteiger partial charge in [0.05, 0.1) is 5.39 Å². The Morgan fingerprint density at radius 3 is 3.11 bits per heavy atom. The van der Waals surface area contributed by atoms with Gasteiger partial charge in [0.2, 0.25) is 0 Å². The van der Waals surface area contributed by atoms with Crippen molar-refractivity contribution in [2.75, 3.05) is 30.9 Å². The number of hydrogen-bond acceptors (Lipinski definition) is 5. The average Bonchev–Trinajstić information content (AvgIpc) is 2.80. The van der Waals surface area contributed by atoms with Crippen LogP contribution >= 0.6 is 0 Å². The van der Waals surface area contributed by atoms with Crippen LogP contribution in [0.4, 0.5) is 5.82 Å². The van der Waals surface area contributed by atoms with Crippen LogP contribution in [0.15, 0.2) is 18.6 Å². The molecule has 3 heterocycles. The highest BCUT2D eigenvalue weighted by molar-refractivity contribution is 5.87. The van der Waals surface area contributed by atoms with Crippen molar-refractivity contribution in [3.8, 4) is 0 Å². The summed E-state index contributed by atoms with van der Waals surface area (Å²) in [6, 6.07) is 2.43. The van der Waals surface area contributed by atoms with Crippen LogP contribution < -0.4 is 16.1 Å². The van der Waals surface area contributed by atoms with Crippen molar-refractivity contribution in [2.45, 2.75) is 19.4 Å². The lowest BCUT2D eigenvalue weighted by Crippen LogP contribution is -2.49. The number of nitrogens with two attached hydrogens (primary N) is 1. The molecule has 0 bridgehead atoms. The van der Waals surface area contributed by atoms with Gasteiger partial charge in [0, 0.05) is 25.8 Å². The first-order valence-corrected chi connectivity index (χ1v) is 6.69. The lowest BCUT2D eigenvalue weighted by atomic mass is 9.93. The topological polar surface area (TPSA) is 72.0 Å². The average molecular weight is 260 g/mol. The van der Waals surface area contributed by atoms with Gasteiger partial charge in [0.15, 0.2) is 5.65 Å². The van der Waals surface area contributed by atoms with Gasteiger partial charge in [-0.05, 0) is 24.9 Å². The van der Waals surface area contributed by atoms with Crippen LogP contribution in [0.1, 0.15) is 13.3 Å². The zero-order valence-corrected chi connectivity index (χ0v) is 11.4. The van der Waals surface area contributed by atoms with Crippen molar-refractivity contribution in [2.24, 2.45) is 5.92 Å². The molecule has 0 spiro atoms. The SMILES string of the molecule is C[C@@H]1CCNC[C@@H]1N(C)c1ncnc2c1ccn2N. The molecule has 0 saturated carbocycles. The fourth-order valence-electron chi connectivity index (χ4n) is 2.89. The van der Waals surface area contributed by atoms with Crippen LogP contribution in [0.3, 0.4) is 0 Å². The number of hydrogen-bond donors (Lipinski definition) is 2. The Hall–Kier alpha value is -1.82. The van der Waals surface area contributed by atoms with E-state index >= 15 is 0 Å². The van der Waals surface area contributed by atoms with E-state index in [0.717, 1.165) is 29.9 Å². The molecule has 3 rings (SSSR count). The standard InChI is InChI=1S/C13H20N6/c1-9-3-5-15-7-11(9)18(2)12-10-4-6-19(14)13(10)17-8-16-12/h4,6,8-9,11,15H,3,5,7,14H2,1-2H3/t9-,11+/m1/s1. The Morgan fingerprint density at radius 1 is 1.47 bits per heavy atom. The van der Waals surface area contributed by atoms with E-state index in [0.29, 0.717) is 12.0 Å². The highest BCUT2D eigenvalue weighted by Crippen LogP contribution is 2.26.